The van der Waals surface area contributed by atoms with Gasteiger partial charge in [0.2, 0.25) is 0 Å². The van der Waals surface area contributed by atoms with E-state index in [-0.39, 0.29) is 23.4 Å². The zero-order valence-electron chi connectivity index (χ0n) is 14.5. The number of hydrogen-bond acceptors (Lipinski definition) is 5. The maximum absolute atomic E-state index is 13.0. The lowest BCUT2D eigenvalue weighted by Gasteiger charge is -2.18. The Bertz CT molecular complexity index is 932. The molecule has 26 heavy (non-hydrogen) atoms. The van der Waals surface area contributed by atoms with E-state index in [2.05, 4.69) is 4.99 Å². The van der Waals surface area contributed by atoms with Gasteiger partial charge in [0.15, 0.2) is 11.5 Å². The number of benzene rings is 2. The Morgan fingerprint density at radius 2 is 1.92 bits per heavy atom. The predicted octanol–water partition coefficient (Wildman–Crippen LogP) is 3.38. The first-order valence-corrected chi connectivity index (χ1v) is 8.23. The van der Waals surface area contributed by atoms with Crippen LogP contribution >= 0.6 is 0 Å². The molecular formula is C20H18N2O4. The van der Waals surface area contributed by atoms with Crippen LogP contribution in [0.2, 0.25) is 0 Å². The molecule has 2 aliphatic rings. The number of ether oxygens (including phenoxy) is 2. The molecule has 4 rings (SSSR count). The molecule has 1 N–H and O–H groups in total. The minimum atomic E-state index is -0.163. The third kappa shape index (κ3) is 2.60. The van der Waals surface area contributed by atoms with Crippen LogP contribution in [0.4, 0.5) is 5.69 Å². The average Bonchev–Trinajstić information content (AvgIpc) is 3.05. The molecular weight excluding hydrogens is 332 g/mol. The monoisotopic (exact) mass is 350 g/mol. The van der Waals surface area contributed by atoms with Crippen molar-refractivity contribution in [1.29, 1.82) is 0 Å². The number of carbonyl (C=O) groups is 1. The fraction of sp³-hybridized carbons (Fsp3) is 0.200. The quantitative estimate of drug-likeness (QED) is 0.921. The van der Waals surface area contributed by atoms with Gasteiger partial charge in [0, 0.05) is 24.9 Å². The van der Waals surface area contributed by atoms with E-state index >= 15 is 0 Å². The normalized spacial score (nSPS) is 18.1. The number of nitrogens with zero attached hydrogens (tertiary/aromatic N) is 2. The van der Waals surface area contributed by atoms with Gasteiger partial charge in [0.25, 0.3) is 5.91 Å². The highest BCUT2D eigenvalue weighted by atomic mass is 16.5. The number of methoxy groups -OCH3 is 2. The maximum atomic E-state index is 13.0. The first-order valence-electron chi connectivity index (χ1n) is 8.23. The van der Waals surface area contributed by atoms with Gasteiger partial charge in [-0.25, -0.2) is 0 Å². The van der Waals surface area contributed by atoms with Crippen LogP contribution in [-0.4, -0.2) is 42.4 Å². The summed E-state index contributed by atoms with van der Waals surface area (Å²) in [5.74, 6) is 0.849. The highest BCUT2D eigenvalue weighted by molar-refractivity contribution is 6.05. The lowest BCUT2D eigenvalue weighted by Crippen LogP contribution is -2.32. The van der Waals surface area contributed by atoms with Crippen molar-refractivity contribution in [3.8, 4) is 17.2 Å². The number of carbonyl (C=O) groups excluding carboxylic acids is 1. The van der Waals surface area contributed by atoms with Crippen molar-refractivity contribution in [1.82, 2.24) is 4.90 Å². The van der Waals surface area contributed by atoms with Crippen LogP contribution in [-0.2, 0) is 0 Å². The number of phenolic OH excluding ortho intramolecular Hbond substituents is 1. The van der Waals surface area contributed by atoms with Gasteiger partial charge < -0.3 is 19.5 Å². The number of aromatic hydroxyl groups is 1. The molecule has 0 bridgehead atoms. The van der Waals surface area contributed by atoms with Crippen LogP contribution in [0.1, 0.15) is 22.3 Å². The molecule has 6 heteroatoms. The average molecular weight is 350 g/mol. The molecule has 0 fully saturated rings. The van der Waals surface area contributed by atoms with Crippen molar-refractivity contribution in [2.24, 2.45) is 4.99 Å². The number of aliphatic imine (C=N–C) groups is 1. The second-order valence-electron chi connectivity index (χ2n) is 6.19. The topological polar surface area (TPSA) is 71.4 Å². The number of hydrogen-bond donors (Lipinski definition) is 1. The molecule has 0 unspecified atom stereocenters. The SMILES string of the molecule is COc1ccc(C2=CN3C(=O)c4cc(OC)c(O)cc4N=C[C@@H]3C2)cc1. The van der Waals surface area contributed by atoms with Crippen LogP contribution in [0.5, 0.6) is 17.2 Å². The van der Waals surface area contributed by atoms with Gasteiger partial charge in [-0.2, -0.15) is 0 Å². The van der Waals surface area contributed by atoms with Gasteiger partial charge in [-0.3, -0.25) is 9.79 Å². The number of rotatable bonds is 3. The molecule has 2 aliphatic heterocycles. The molecule has 0 saturated carbocycles. The molecule has 2 heterocycles. The largest absolute Gasteiger partial charge is 0.504 e. The van der Waals surface area contributed by atoms with Crippen LogP contribution in [0.15, 0.2) is 47.6 Å². The molecule has 132 valence electrons. The lowest BCUT2D eigenvalue weighted by atomic mass is 10.0. The van der Waals surface area contributed by atoms with Crippen LogP contribution in [0.3, 0.4) is 0 Å². The van der Waals surface area contributed by atoms with Crippen LogP contribution in [0, 0.1) is 0 Å². The Morgan fingerprint density at radius 3 is 2.62 bits per heavy atom. The highest BCUT2D eigenvalue weighted by Crippen LogP contribution is 2.39. The van der Waals surface area contributed by atoms with E-state index in [1.807, 2.05) is 30.5 Å². The maximum Gasteiger partial charge on any atom is 0.260 e. The molecule has 2 aromatic rings. The summed E-state index contributed by atoms with van der Waals surface area (Å²) >= 11 is 0. The fourth-order valence-corrected chi connectivity index (χ4v) is 3.28. The minimum absolute atomic E-state index is 0.0345. The zero-order chi connectivity index (χ0) is 18.3. The summed E-state index contributed by atoms with van der Waals surface area (Å²) in [6.45, 7) is 0. The van der Waals surface area contributed by atoms with E-state index in [0.29, 0.717) is 17.7 Å². The van der Waals surface area contributed by atoms with Gasteiger partial charge in [0.05, 0.1) is 31.5 Å². The van der Waals surface area contributed by atoms with Crippen molar-refractivity contribution in [3.05, 3.63) is 53.7 Å². The van der Waals surface area contributed by atoms with Crippen molar-refractivity contribution in [3.63, 3.8) is 0 Å². The van der Waals surface area contributed by atoms with Gasteiger partial charge in [0.1, 0.15) is 5.75 Å². The van der Waals surface area contributed by atoms with Gasteiger partial charge >= 0.3 is 0 Å². The van der Waals surface area contributed by atoms with Crippen molar-refractivity contribution in [2.75, 3.05) is 14.2 Å². The molecule has 0 saturated heterocycles. The first kappa shape index (κ1) is 16.2. The summed E-state index contributed by atoms with van der Waals surface area (Å²) in [5.41, 5.74) is 2.96. The molecule has 2 aromatic carbocycles. The summed E-state index contributed by atoms with van der Waals surface area (Å²) in [6.07, 6.45) is 4.30. The number of phenols is 1. The Kier molecular flexibility index (Phi) is 3.88. The van der Waals surface area contributed by atoms with E-state index < -0.39 is 0 Å². The highest BCUT2D eigenvalue weighted by Gasteiger charge is 2.33. The zero-order valence-corrected chi connectivity index (χ0v) is 14.5. The molecule has 0 aromatic heterocycles. The molecule has 0 spiro atoms. The lowest BCUT2D eigenvalue weighted by molar-refractivity contribution is 0.0817. The third-order valence-electron chi connectivity index (χ3n) is 4.69. The van der Waals surface area contributed by atoms with Gasteiger partial charge in [-0.15, -0.1) is 0 Å². The summed E-state index contributed by atoms with van der Waals surface area (Å²) in [7, 11) is 3.08. The van der Waals surface area contributed by atoms with E-state index in [0.717, 1.165) is 16.9 Å². The second kappa shape index (κ2) is 6.22. The second-order valence-corrected chi connectivity index (χ2v) is 6.19. The van der Waals surface area contributed by atoms with Crippen LogP contribution < -0.4 is 9.47 Å². The van der Waals surface area contributed by atoms with E-state index in [4.69, 9.17) is 9.47 Å². The van der Waals surface area contributed by atoms with E-state index in [1.165, 1.54) is 19.2 Å². The summed E-state index contributed by atoms with van der Waals surface area (Å²) in [5, 5.41) is 9.94. The predicted molar refractivity (Wildman–Crippen MR) is 98.4 cm³/mol. The summed E-state index contributed by atoms with van der Waals surface area (Å²) in [4.78, 5) is 19.1. The standard InChI is InChI=1S/C20H18N2O4/c1-25-15-5-3-12(4-6-15)13-7-14-10-21-17-9-18(23)19(26-2)8-16(17)20(24)22(14)11-13/h3-6,8-11,14,23H,7H2,1-2H3/t14-/m0/s1. The van der Waals surface area contributed by atoms with E-state index in [9.17, 15) is 9.90 Å². The first-order chi connectivity index (χ1) is 12.6. The Balaban J connectivity index is 1.70. The molecule has 0 aliphatic carbocycles. The molecule has 1 amide bonds. The Hall–Kier alpha value is -3.28. The van der Waals surface area contributed by atoms with Gasteiger partial charge in [-0.05, 0) is 29.3 Å². The van der Waals surface area contributed by atoms with Crippen molar-refractivity contribution >= 4 is 23.4 Å². The summed E-state index contributed by atoms with van der Waals surface area (Å²) < 4.78 is 10.3. The van der Waals surface area contributed by atoms with Crippen molar-refractivity contribution < 1.29 is 19.4 Å². The molecule has 6 nitrogen and oxygen atoms in total. The smallest absolute Gasteiger partial charge is 0.260 e. The molecule has 0 radical (unpaired) electrons. The molecule has 1 atom stereocenters. The fourth-order valence-electron chi connectivity index (χ4n) is 3.28. The minimum Gasteiger partial charge on any atom is -0.504 e. The van der Waals surface area contributed by atoms with E-state index in [1.54, 1.807) is 18.2 Å². The van der Waals surface area contributed by atoms with Gasteiger partial charge in [-0.1, -0.05) is 12.1 Å². The third-order valence-corrected chi connectivity index (χ3v) is 4.69. The van der Waals surface area contributed by atoms with Crippen LogP contribution in [0.25, 0.3) is 5.57 Å². The summed E-state index contributed by atoms with van der Waals surface area (Å²) in [6, 6.07) is 10.6. The van der Waals surface area contributed by atoms with Crippen molar-refractivity contribution in [2.45, 2.75) is 12.5 Å². The Morgan fingerprint density at radius 1 is 1.15 bits per heavy atom. The Labute approximate surface area is 151 Å². The number of fused-ring (bicyclic) bond motifs is 2. The number of amides is 1.